The second kappa shape index (κ2) is 3.26. The molecule has 2 nitrogen and oxygen atoms in total. The van der Waals surface area contributed by atoms with Gasteiger partial charge in [-0.3, -0.25) is 0 Å². The van der Waals surface area contributed by atoms with E-state index in [1.54, 1.807) is 0 Å². The fourth-order valence-corrected chi connectivity index (χ4v) is 1.21. The minimum atomic E-state index is -0.182. The maximum atomic E-state index is 8.58. The lowest BCUT2D eigenvalue weighted by atomic mass is 10.2. The number of rotatable bonds is 3. The molecule has 0 amide bonds. The van der Waals surface area contributed by atoms with Crippen LogP contribution in [0, 0.1) is 0 Å². The SMILES string of the molecule is C[C@@H](Cl)[C@@H](Cl)[C@H]1O[C@@H]1CO. The fourth-order valence-electron chi connectivity index (χ4n) is 0.845. The largest absolute Gasteiger partial charge is 0.394 e. The van der Waals surface area contributed by atoms with Gasteiger partial charge in [0.25, 0.3) is 0 Å². The van der Waals surface area contributed by atoms with Crippen molar-refractivity contribution < 1.29 is 9.84 Å². The van der Waals surface area contributed by atoms with Crippen molar-refractivity contribution in [2.45, 2.75) is 29.9 Å². The third-order valence-corrected chi connectivity index (χ3v) is 2.58. The lowest BCUT2D eigenvalue weighted by Gasteiger charge is -2.06. The predicted octanol–water partition coefficient (Wildman–Crippen LogP) is 0.981. The highest BCUT2D eigenvalue weighted by Crippen LogP contribution is 2.31. The minimum Gasteiger partial charge on any atom is -0.394 e. The molecule has 0 unspecified atom stereocenters. The van der Waals surface area contributed by atoms with Crippen LogP contribution in [0.3, 0.4) is 0 Å². The van der Waals surface area contributed by atoms with Crippen molar-refractivity contribution in [3.05, 3.63) is 0 Å². The molecule has 4 atom stereocenters. The smallest absolute Gasteiger partial charge is 0.109 e. The van der Waals surface area contributed by atoms with Crippen LogP contribution in [0.4, 0.5) is 0 Å². The molecule has 0 spiro atoms. The summed E-state index contributed by atoms with van der Waals surface area (Å²) in [7, 11) is 0. The molecule has 4 heteroatoms. The molecule has 1 fully saturated rings. The Kier molecular flexibility index (Phi) is 2.81. The second-order valence-corrected chi connectivity index (χ2v) is 3.64. The Bertz CT molecular complexity index is 118. The van der Waals surface area contributed by atoms with Crippen molar-refractivity contribution in [3.8, 4) is 0 Å². The number of halogens is 2. The third-order valence-electron chi connectivity index (χ3n) is 1.55. The number of epoxide rings is 1. The molecule has 0 radical (unpaired) electrons. The first-order chi connectivity index (χ1) is 4.66. The van der Waals surface area contributed by atoms with Crippen molar-refractivity contribution in [1.29, 1.82) is 0 Å². The number of hydrogen-bond donors (Lipinski definition) is 1. The third kappa shape index (κ3) is 1.76. The molecule has 1 saturated heterocycles. The van der Waals surface area contributed by atoms with E-state index in [4.69, 9.17) is 33.0 Å². The zero-order valence-electron chi connectivity index (χ0n) is 5.63. The Morgan fingerprint density at radius 1 is 1.60 bits per heavy atom. The van der Waals surface area contributed by atoms with E-state index in [1.807, 2.05) is 6.92 Å². The van der Waals surface area contributed by atoms with Gasteiger partial charge in [0.15, 0.2) is 0 Å². The van der Waals surface area contributed by atoms with Gasteiger partial charge in [0, 0.05) is 5.38 Å². The summed E-state index contributed by atoms with van der Waals surface area (Å²) in [5, 5.41) is 8.29. The summed E-state index contributed by atoms with van der Waals surface area (Å²) in [5.74, 6) is 0. The highest BCUT2D eigenvalue weighted by Gasteiger charge is 2.45. The molecule has 1 aliphatic rings. The van der Waals surface area contributed by atoms with Crippen molar-refractivity contribution in [2.75, 3.05) is 6.61 Å². The summed E-state index contributed by atoms with van der Waals surface area (Å²) in [6.07, 6.45) is -0.122. The van der Waals surface area contributed by atoms with Crippen molar-refractivity contribution in [3.63, 3.8) is 0 Å². The predicted molar refractivity (Wildman–Crippen MR) is 40.7 cm³/mol. The van der Waals surface area contributed by atoms with Crippen LogP contribution in [0.5, 0.6) is 0 Å². The zero-order chi connectivity index (χ0) is 7.72. The molecule has 10 heavy (non-hydrogen) atoms. The average molecular weight is 185 g/mol. The van der Waals surface area contributed by atoms with Crippen LogP contribution in [0.15, 0.2) is 0 Å². The topological polar surface area (TPSA) is 32.8 Å². The Morgan fingerprint density at radius 2 is 2.20 bits per heavy atom. The number of aliphatic hydroxyl groups is 1. The first-order valence-corrected chi connectivity index (χ1v) is 4.08. The molecule has 1 aliphatic heterocycles. The summed E-state index contributed by atoms with van der Waals surface area (Å²) in [6, 6.07) is 0. The van der Waals surface area contributed by atoms with Gasteiger partial charge in [-0.15, -0.1) is 23.2 Å². The van der Waals surface area contributed by atoms with Crippen LogP contribution in [-0.2, 0) is 4.74 Å². The maximum absolute atomic E-state index is 8.58. The van der Waals surface area contributed by atoms with E-state index in [2.05, 4.69) is 0 Å². The van der Waals surface area contributed by atoms with E-state index in [0.717, 1.165) is 0 Å². The zero-order valence-corrected chi connectivity index (χ0v) is 7.14. The highest BCUT2D eigenvalue weighted by atomic mass is 35.5. The number of ether oxygens (including phenoxy) is 1. The van der Waals surface area contributed by atoms with E-state index in [9.17, 15) is 0 Å². The van der Waals surface area contributed by atoms with Crippen molar-refractivity contribution >= 4 is 23.2 Å². The van der Waals surface area contributed by atoms with E-state index >= 15 is 0 Å². The van der Waals surface area contributed by atoms with Crippen molar-refractivity contribution in [1.82, 2.24) is 0 Å². The molecular weight excluding hydrogens is 175 g/mol. The standard InChI is InChI=1S/C6H10Cl2O2/c1-3(7)5(8)6-4(2-9)10-6/h3-6,9H,2H2,1H3/t3-,4-,5-,6+/m1/s1. The van der Waals surface area contributed by atoms with Gasteiger partial charge in [0.1, 0.15) is 12.2 Å². The van der Waals surface area contributed by atoms with Gasteiger partial charge in [0.05, 0.1) is 12.0 Å². The average Bonchev–Trinajstić information content (AvgIpc) is 2.64. The summed E-state index contributed by atoms with van der Waals surface area (Å²) in [6.45, 7) is 1.85. The molecule has 1 heterocycles. The Labute approximate surface area is 70.1 Å². The van der Waals surface area contributed by atoms with Gasteiger partial charge in [-0.25, -0.2) is 0 Å². The molecule has 1 rings (SSSR count). The second-order valence-electron chi connectivity index (χ2n) is 2.44. The van der Waals surface area contributed by atoms with Gasteiger partial charge in [-0.2, -0.15) is 0 Å². The van der Waals surface area contributed by atoms with E-state index in [-0.39, 0.29) is 29.6 Å². The summed E-state index contributed by atoms with van der Waals surface area (Å²) >= 11 is 11.5. The first kappa shape index (κ1) is 8.60. The molecule has 0 aromatic carbocycles. The van der Waals surface area contributed by atoms with Gasteiger partial charge in [0.2, 0.25) is 0 Å². The molecule has 1 N–H and O–H groups in total. The van der Waals surface area contributed by atoms with Gasteiger partial charge < -0.3 is 9.84 Å². The number of alkyl halides is 2. The molecule has 0 saturated carbocycles. The number of aliphatic hydroxyl groups excluding tert-OH is 1. The summed E-state index contributed by atoms with van der Waals surface area (Å²) in [5.41, 5.74) is 0. The Morgan fingerprint density at radius 3 is 2.50 bits per heavy atom. The van der Waals surface area contributed by atoms with Crippen LogP contribution in [0.1, 0.15) is 6.92 Å². The molecule has 0 aromatic heterocycles. The Balaban J connectivity index is 2.25. The van der Waals surface area contributed by atoms with Crippen molar-refractivity contribution in [2.24, 2.45) is 0 Å². The van der Waals surface area contributed by atoms with Crippen LogP contribution >= 0.6 is 23.2 Å². The monoisotopic (exact) mass is 184 g/mol. The fraction of sp³-hybridized carbons (Fsp3) is 1.00. The lowest BCUT2D eigenvalue weighted by molar-refractivity contribution is 0.242. The van der Waals surface area contributed by atoms with Crippen LogP contribution in [0.2, 0.25) is 0 Å². The van der Waals surface area contributed by atoms with E-state index in [0.29, 0.717) is 0 Å². The Hall–Kier alpha value is 0.500. The quantitative estimate of drug-likeness (QED) is 0.525. The molecule has 0 bridgehead atoms. The lowest BCUT2D eigenvalue weighted by Crippen LogP contribution is -2.20. The van der Waals surface area contributed by atoms with Crippen LogP contribution in [0.25, 0.3) is 0 Å². The van der Waals surface area contributed by atoms with Crippen LogP contribution < -0.4 is 0 Å². The van der Waals surface area contributed by atoms with E-state index < -0.39 is 0 Å². The molecule has 0 aromatic rings. The molecule has 0 aliphatic carbocycles. The summed E-state index contributed by atoms with van der Waals surface area (Å²) in [4.78, 5) is 0. The minimum absolute atomic E-state index is 0.0392. The van der Waals surface area contributed by atoms with Crippen LogP contribution in [-0.4, -0.2) is 34.7 Å². The normalized spacial score (nSPS) is 37.2. The number of hydrogen-bond acceptors (Lipinski definition) is 2. The summed E-state index contributed by atoms with van der Waals surface area (Å²) < 4.78 is 5.02. The van der Waals surface area contributed by atoms with Gasteiger partial charge >= 0.3 is 0 Å². The van der Waals surface area contributed by atoms with Gasteiger partial charge in [-0.1, -0.05) is 0 Å². The molecular formula is C6H10Cl2O2. The van der Waals surface area contributed by atoms with E-state index in [1.165, 1.54) is 0 Å². The molecule has 60 valence electrons. The first-order valence-electron chi connectivity index (χ1n) is 3.21. The maximum Gasteiger partial charge on any atom is 0.109 e. The van der Waals surface area contributed by atoms with Gasteiger partial charge in [-0.05, 0) is 6.92 Å². The highest BCUT2D eigenvalue weighted by molar-refractivity contribution is 6.30.